The van der Waals surface area contributed by atoms with Crippen LogP contribution in [0.15, 0.2) is 102 Å². The number of Topliss-reactive ketones (excluding diaryl/α,β-unsaturated/α-hetero) is 1. The standard InChI is InChI=1S/C33H28N2O4S/c1-20-9-11-21(12-10-20)24-18-26-30(28(36)19-24)31(22-13-15-23(16-14-22)33(38)39-2)35(32(37)29-8-5-17-40-29)27-7-4-3-6-25(27)34-26/h3-17,24,31,34H,18-19H2,1-2H3/t24-,31-/m1/s1. The maximum absolute atomic E-state index is 14.2. The molecule has 6 nitrogen and oxygen atoms in total. The fraction of sp³-hybridized carbons (Fsp3) is 0.182. The Kier molecular flexibility index (Phi) is 6.82. The third-order valence-corrected chi connectivity index (χ3v) is 8.49. The van der Waals surface area contributed by atoms with E-state index in [2.05, 4.69) is 36.5 Å². The molecule has 6 rings (SSSR count). The molecule has 2 atom stereocenters. The summed E-state index contributed by atoms with van der Waals surface area (Å²) in [5.74, 6) is -0.611. The van der Waals surface area contributed by atoms with Gasteiger partial charge in [0.15, 0.2) is 5.78 Å². The van der Waals surface area contributed by atoms with Gasteiger partial charge in [-0.25, -0.2) is 4.79 Å². The van der Waals surface area contributed by atoms with Crippen LogP contribution < -0.4 is 10.2 Å². The van der Waals surface area contributed by atoms with Gasteiger partial charge in [0.1, 0.15) is 0 Å². The number of methoxy groups -OCH3 is 1. The monoisotopic (exact) mass is 548 g/mol. The quantitative estimate of drug-likeness (QED) is 0.277. The summed E-state index contributed by atoms with van der Waals surface area (Å²) in [4.78, 5) is 42.8. The van der Waals surface area contributed by atoms with Gasteiger partial charge in [-0.1, -0.05) is 60.2 Å². The van der Waals surface area contributed by atoms with E-state index in [-0.39, 0.29) is 17.6 Å². The van der Waals surface area contributed by atoms with Gasteiger partial charge in [-0.3, -0.25) is 14.5 Å². The Morgan fingerprint density at radius 2 is 1.62 bits per heavy atom. The molecule has 40 heavy (non-hydrogen) atoms. The Balaban J connectivity index is 1.54. The van der Waals surface area contributed by atoms with Gasteiger partial charge >= 0.3 is 5.97 Å². The Morgan fingerprint density at radius 1 is 0.900 bits per heavy atom. The number of carbonyl (C=O) groups excluding carboxylic acids is 3. The second kappa shape index (κ2) is 10.6. The van der Waals surface area contributed by atoms with Crippen LogP contribution in [0.25, 0.3) is 0 Å². The van der Waals surface area contributed by atoms with Crippen LogP contribution in [0.3, 0.4) is 0 Å². The van der Waals surface area contributed by atoms with Crippen molar-refractivity contribution in [1.29, 1.82) is 0 Å². The van der Waals surface area contributed by atoms with Crippen molar-refractivity contribution in [3.8, 4) is 0 Å². The topological polar surface area (TPSA) is 75.7 Å². The summed E-state index contributed by atoms with van der Waals surface area (Å²) in [5, 5.41) is 5.44. The number of ether oxygens (including phenoxy) is 1. The lowest BCUT2D eigenvalue weighted by Gasteiger charge is -2.35. The molecule has 7 heteroatoms. The number of nitrogens with one attached hydrogen (secondary N) is 1. The Labute approximate surface area is 236 Å². The molecule has 0 unspecified atom stereocenters. The van der Waals surface area contributed by atoms with Crippen molar-refractivity contribution in [1.82, 2.24) is 0 Å². The van der Waals surface area contributed by atoms with Crippen molar-refractivity contribution in [2.24, 2.45) is 0 Å². The molecule has 200 valence electrons. The Morgan fingerprint density at radius 3 is 2.33 bits per heavy atom. The summed E-state index contributed by atoms with van der Waals surface area (Å²) in [6.07, 6.45) is 0.980. The van der Waals surface area contributed by atoms with Crippen molar-refractivity contribution in [3.63, 3.8) is 0 Å². The van der Waals surface area contributed by atoms with Gasteiger partial charge in [0.2, 0.25) is 0 Å². The number of anilines is 2. The first kappa shape index (κ1) is 25.8. The lowest BCUT2D eigenvalue weighted by Crippen LogP contribution is -2.38. The van der Waals surface area contributed by atoms with Crippen molar-refractivity contribution < 1.29 is 19.1 Å². The van der Waals surface area contributed by atoms with Gasteiger partial charge < -0.3 is 10.1 Å². The van der Waals surface area contributed by atoms with Crippen molar-refractivity contribution in [2.75, 3.05) is 17.3 Å². The van der Waals surface area contributed by atoms with Crippen LogP contribution in [0.5, 0.6) is 0 Å². The number of benzene rings is 3. The molecule has 1 aliphatic carbocycles. The van der Waals surface area contributed by atoms with E-state index in [1.165, 1.54) is 24.0 Å². The molecule has 0 radical (unpaired) electrons. The maximum atomic E-state index is 14.2. The number of nitrogens with zero attached hydrogens (tertiary/aromatic N) is 1. The summed E-state index contributed by atoms with van der Waals surface area (Å²) >= 11 is 1.37. The highest BCUT2D eigenvalue weighted by Crippen LogP contribution is 2.48. The zero-order valence-electron chi connectivity index (χ0n) is 22.2. The van der Waals surface area contributed by atoms with E-state index in [0.29, 0.717) is 34.5 Å². The molecule has 3 aromatic carbocycles. The summed E-state index contributed by atoms with van der Waals surface area (Å²) in [6.45, 7) is 2.05. The number of carbonyl (C=O) groups is 3. The first-order chi connectivity index (χ1) is 19.4. The smallest absolute Gasteiger partial charge is 0.337 e. The molecule has 2 aliphatic rings. The first-order valence-corrected chi connectivity index (χ1v) is 14.1. The molecule has 0 spiro atoms. The molecule has 0 fully saturated rings. The molecular weight excluding hydrogens is 520 g/mol. The molecule has 1 aliphatic heterocycles. The summed E-state index contributed by atoms with van der Waals surface area (Å²) in [6, 6.07) is 26.0. The van der Waals surface area contributed by atoms with Crippen LogP contribution in [-0.2, 0) is 9.53 Å². The van der Waals surface area contributed by atoms with Gasteiger partial charge in [-0.05, 0) is 66.1 Å². The number of ketones is 1. The zero-order chi connectivity index (χ0) is 27.8. The van der Waals surface area contributed by atoms with Crippen LogP contribution in [0, 0.1) is 6.92 Å². The van der Waals surface area contributed by atoms with Crippen molar-refractivity contribution >= 4 is 40.4 Å². The number of fused-ring (bicyclic) bond motifs is 1. The Bertz CT molecular complexity index is 1620. The molecule has 2 heterocycles. The molecular formula is C33H28N2O4S. The number of para-hydroxylation sites is 2. The number of allylic oxidation sites excluding steroid dienone is 1. The molecule has 0 saturated heterocycles. The van der Waals surface area contributed by atoms with Gasteiger partial charge in [0.05, 0.1) is 35.0 Å². The molecule has 1 N–H and O–H groups in total. The van der Waals surface area contributed by atoms with Crippen LogP contribution in [-0.4, -0.2) is 24.8 Å². The minimum absolute atomic E-state index is 0.00171. The third kappa shape index (κ3) is 4.62. The maximum Gasteiger partial charge on any atom is 0.337 e. The van der Waals surface area contributed by atoms with Gasteiger partial charge in [-0.2, -0.15) is 0 Å². The van der Waals surface area contributed by atoms with E-state index in [0.717, 1.165) is 22.5 Å². The second-order valence-electron chi connectivity index (χ2n) is 10.1. The summed E-state index contributed by atoms with van der Waals surface area (Å²) < 4.78 is 4.88. The lowest BCUT2D eigenvalue weighted by molar-refractivity contribution is -0.116. The molecule has 4 aromatic rings. The lowest BCUT2D eigenvalue weighted by atomic mass is 9.78. The highest BCUT2D eigenvalue weighted by molar-refractivity contribution is 7.12. The fourth-order valence-electron chi connectivity index (χ4n) is 5.64. The normalized spacial score (nSPS) is 18.4. The number of thiophene rings is 1. The third-order valence-electron chi connectivity index (χ3n) is 7.64. The summed E-state index contributed by atoms with van der Waals surface area (Å²) in [7, 11) is 1.34. The largest absolute Gasteiger partial charge is 0.465 e. The summed E-state index contributed by atoms with van der Waals surface area (Å²) in [5.41, 5.74) is 6.29. The average molecular weight is 549 g/mol. The van der Waals surface area contributed by atoms with Crippen molar-refractivity contribution in [3.05, 3.63) is 129 Å². The minimum Gasteiger partial charge on any atom is -0.465 e. The number of rotatable bonds is 4. The molecule has 0 bridgehead atoms. The number of hydrogen-bond acceptors (Lipinski definition) is 6. The molecule has 1 aromatic heterocycles. The number of amides is 1. The number of esters is 1. The van der Waals surface area contributed by atoms with E-state index in [4.69, 9.17) is 4.74 Å². The van der Waals surface area contributed by atoms with E-state index in [9.17, 15) is 14.4 Å². The second-order valence-corrected chi connectivity index (χ2v) is 11.1. The van der Waals surface area contributed by atoms with Gasteiger partial charge in [-0.15, -0.1) is 11.3 Å². The SMILES string of the molecule is COC(=O)c1ccc([C@@H]2C3=C(C[C@@H](c4ccc(C)cc4)CC3=O)Nc3ccccc3N2C(=O)c2cccs2)cc1. The first-order valence-electron chi connectivity index (χ1n) is 13.2. The highest BCUT2D eigenvalue weighted by Gasteiger charge is 2.42. The van der Waals surface area contributed by atoms with Crippen LogP contribution in [0.1, 0.15) is 61.5 Å². The van der Waals surface area contributed by atoms with Crippen LogP contribution in [0.2, 0.25) is 0 Å². The molecule has 0 saturated carbocycles. The predicted molar refractivity (Wildman–Crippen MR) is 157 cm³/mol. The zero-order valence-corrected chi connectivity index (χ0v) is 23.0. The fourth-order valence-corrected chi connectivity index (χ4v) is 6.30. The van der Waals surface area contributed by atoms with Crippen LogP contribution >= 0.6 is 11.3 Å². The molecule has 1 amide bonds. The van der Waals surface area contributed by atoms with E-state index in [1.54, 1.807) is 23.1 Å². The van der Waals surface area contributed by atoms with Gasteiger partial charge in [0.25, 0.3) is 5.91 Å². The van der Waals surface area contributed by atoms with E-state index < -0.39 is 12.0 Å². The predicted octanol–water partition coefficient (Wildman–Crippen LogP) is 7.06. The van der Waals surface area contributed by atoms with E-state index >= 15 is 0 Å². The Hall–Kier alpha value is -4.49. The van der Waals surface area contributed by atoms with Crippen LogP contribution in [0.4, 0.5) is 11.4 Å². The highest BCUT2D eigenvalue weighted by atomic mass is 32.1. The number of hydrogen-bond donors (Lipinski definition) is 1. The van der Waals surface area contributed by atoms with E-state index in [1.807, 2.05) is 47.8 Å². The average Bonchev–Trinajstić information content (AvgIpc) is 3.47. The number of aryl methyl sites for hydroxylation is 1. The van der Waals surface area contributed by atoms with Crippen molar-refractivity contribution in [2.45, 2.75) is 31.7 Å². The van der Waals surface area contributed by atoms with Gasteiger partial charge in [0, 0.05) is 17.7 Å². The minimum atomic E-state index is -0.682.